The van der Waals surface area contributed by atoms with Crippen molar-refractivity contribution in [1.29, 1.82) is 0 Å². The third-order valence-electron chi connectivity index (χ3n) is 4.65. The number of guanidine groups is 1. The molecule has 0 spiro atoms. The lowest BCUT2D eigenvalue weighted by Crippen LogP contribution is -2.72. The maximum atomic E-state index is 4.71. The zero-order valence-electron chi connectivity index (χ0n) is 13.4. The maximum Gasteiger partial charge on any atom is 0.194 e. The molecule has 20 heavy (non-hydrogen) atoms. The molecular weight excluding hydrogens is 252 g/mol. The highest BCUT2D eigenvalue weighted by Gasteiger charge is 2.53. The van der Waals surface area contributed by atoms with E-state index in [-0.39, 0.29) is 5.54 Å². The normalized spacial score (nSPS) is 20.7. The van der Waals surface area contributed by atoms with E-state index in [1.807, 2.05) is 7.05 Å². The van der Waals surface area contributed by atoms with Crippen LogP contribution in [0.3, 0.4) is 0 Å². The third kappa shape index (κ3) is 2.39. The van der Waals surface area contributed by atoms with Crippen molar-refractivity contribution in [3.05, 3.63) is 12.2 Å². The van der Waals surface area contributed by atoms with Gasteiger partial charge in [-0.3, -0.25) is 4.68 Å². The standard InChI is InChI=1S/C14H26N6/c1-7-15-12(16-8-11-17-10-18-19(11)6)20-9-13(2,3)14(20,4)5/h10H,7-9H2,1-6H3,(H,15,16). The summed E-state index contributed by atoms with van der Waals surface area (Å²) in [6, 6.07) is 0. The van der Waals surface area contributed by atoms with Gasteiger partial charge in [-0.15, -0.1) is 0 Å². The SMILES string of the molecule is CCNC(=NCc1ncnn1C)N1CC(C)(C)C1(C)C. The van der Waals surface area contributed by atoms with Crippen LogP contribution in [0.2, 0.25) is 0 Å². The average molecular weight is 278 g/mol. The molecule has 1 fully saturated rings. The Balaban J connectivity index is 2.14. The largest absolute Gasteiger partial charge is 0.356 e. The highest BCUT2D eigenvalue weighted by molar-refractivity contribution is 5.82. The molecule has 1 aromatic rings. The number of aromatic nitrogens is 3. The molecular formula is C14H26N6. The van der Waals surface area contributed by atoms with Gasteiger partial charge in [0.2, 0.25) is 0 Å². The first-order chi connectivity index (χ1) is 9.29. The van der Waals surface area contributed by atoms with Crippen LogP contribution in [-0.2, 0) is 13.6 Å². The summed E-state index contributed by atoms with van der Waals surface area (Å²) in [5.41, 5.74) is 0.405. The summed E-state index contributed by atoms with van der Waals surface area (Å²) in [5.74, 6) is 1.83. The van der Waals surface area contributed by atoms with Gasteiger partial charge in [0.15, 0.2) is 5.96 Å². The summed E-state index contributed by atoms with van der Waals surface area (Å²) in [6.07, 6.45) is 1.56. The number of rotatable bonds is 3. The molecule has 1 saturated heterocycles. The molecule has 112 valence electrons. The fourth-order valence-corrected chi connectivity index (χ4v) is 2.40. The Morgan fingerprint density at radius 3 is 2.55 bits per heavy atom. The number of likely N-dealkylation sites (tertiary alicyclic amines) is 1. The molecule has 2 heterocycles. The summed E-state index contributed by atoms with van der Waals surface area (Å²) < 4.78 is 1.76. The van der Waals surface area contributed by atoms with Crippen molar-refractivity contribution in [2.45, 2.75) is 46.7 Å². The van der Waals surface area contributed by atoms with E-state index in [1.54, 1.807) is 11.0 Å². The van der Waals surface area contributed by atoms with Gasteiger partial charge in [0.1, 0.15) is 18.7 Å². The van der Waals surface area contributed by atoms with Crippen LogP contribution in [0.15, 0.2) is 11.3 Å². The van der Waals surface area contributed by atoms with E-state index in [4.69, 9.17) is 4.99 Å². The summed E-state index contributed by atoms with van der Waals surface area (Å²) in [5, 5.41) is 7.45. The molecule has 2 rings (SSSR count). The average Bonchev–Trinajstić information content (AvgIpc) is 2.77. The minimum Gasteiger partial charge on any atom is -0.356 e. The first-order valence-electron chi connectivity index (χ1n) is 7.18. The van der Waals surface area contributed by atoms with E-state index in [2.05, 4.69) is 54.9 Å². The van der Waals surface area contributed by atoms with E-state index < -0.39 is 0 Å². The Kier molecular flexibility index (Phi) is 3.75. The summed E-state index contributed by atoms with van der Waals surface area (Å²) in [7, 11) is 1.89. The van der Waals surface area contributed by atoms with Crippen molar-refractivity contribution in [2.24, 2.45) is 17.5 Å². The number of aliphatic imine (C=N–C) groups is 1. The second kappa shape index (κ2) is 5.07. The Morgan fingerprint density at radius 1 is 1.40 bits per heavy atom. The Labute approximate surface area is 121 Å². The summed E-state index contributed by atoms with van der Waals surface area (Å²) >= 11 is 0. The number of hydrogen-bond acceptors (Lipinski definition) is 3. The van der Waals surface area contributed by atoms with Crippen molar-refractivity contribution in [2.75, 3.05) is 13.1 Å². The molecule has 6 nitrogen and oxygen atoms in total. The minimum atomic E-state index is 0.105. The maximum absolute atomic E-state index is 4.71. The van der Waals surface area contributed by atoms with Gasteiger partial charge >= 0.3 is 0 Å². The van der Waals surface area contributed by atoms with Gasteiger partial charge in [-0.05, 0) is 20.8 Å². The van der Waals surface area contributed by atoms with Crippen LogP contribution < -0.4 is 5.32 Å². The van der Waals surface area contributed by atoms with Crippen molar-refractivity contribution in [3.8, 4) is 0 Å². The predicted octanol–water partition coefficient (Wildman–Crippen LogP) is 1.40. The zero-order chi connectivity index (χ0) is 15.0. The minimum absolute atomic E-state index is 0.105. The molecule has 0 amide bonds. The van der Waals surface area contributed by atoms with Gasteiger partial charge < -0.3 is 10.2 Å². The molecule has 6 heteroatoms. The number of aryl methyl sites for hydroxylation is 1. The third-order valence-corrected chi connectivity index (χ3v) is 4.65. The molecule has 1 aliphatic rings. The highest BCUT2D eigenvalue weighted by atomic mass is 15.4. The molecule has 1 aliphatic heterocycles. The van der Waals surface area contributed by atoms with Crippen molar-refractivity contribution in [1.82, 2.24) is 25.0 Å². The summed E-state index contributed by atoms with van der Waals surface area (Å²) in [6.45, 7) is 13.7. The molecule has 0 radical (unpaired) electrons. The van der Waals surface area contributed by atoms with E-state index in [0.29, 0.717) is 12.0 Å². The number of hydrogen-bond donors (Lipinski definition) is 1. The molecule has 0 aromatic carbocycles. The van der Waals surface area contributed by atoms with E-state index >= 15 is 0 Å². The monoisotopic (exact) mass is 278 g/mol. The van der Waals surface area contributed by atoms with Gasteiger partial charge in [0, 0.05) is 31.1 Å². The second-order valence-corrected chi connectivity index (χ2v) is 6.50. The van der Waals surface area contributed by atoms with Crippen molar-refractivity contribution in [3.63, 3.8) is 0 Å². The molecule has 0 bridgehead atoms. The van der Waals surface area contributed by atoms with Crippen LogP contribution in [0, 0.1) is 5.41 Å². The van der Waals surface area contributed by atoms with Gasteiger partial charge in [0.25, 0.3) is 0 Å². The first-order valence-corrected chi connectivity index (χ1v) is 7.18. The lowest BCUT2D eigenvalue weighted by atomic mass is 9.65. The molecule has 0 saturated carbocycles. The Hall–Kier alpha value is -1.59. The predicted molar refractivity (Wildman–Crippen MR) is 80.4 cm³/mol. The van der Waals surface area contributed by atoms with Gasteiger partial charge in [0.05, 0.1) is 0 Å². The fraction of sp³-hybridized carbons (Fsp3) is 0.786. The summed E-state index contributed by atoms with van der Waals surface area (Å²) in [4.78, 5) is 11.3. The van der Waals surface area contributed by atoms with E-state index in [9.17, 15) is 0 Å². The Morgan fingerprint density at radius 2 is 2.10 bits per heavy atom. The van der Waals surface area contributed by atoms with Gasteiger partial charge in [-0.2, -0.15) is 5.10 Å². The smallest absolute Gasteiger partial charge is 0.194 e. The number of nitrogens with one attached hydrogen (secondary N) is 1. The quantitative estimate of drug-likeness (QED) is 0.671. The topological polar surface area (TPSA) is 58.3 Å². The lowest BCUT2D eigenvalue weighted by molar-refractivity contribution is -0.0668. The molecule has 0 unspecified atom stereocenters. The van der Waals surface area contributed by atoms with Crippen LogP contribution >= 0.6 is 0 Å². The zero-order valence-corrected chi connectivity index (χ0v) is 13.4. The second-order valence-electron chi connectivity index (χ2n) is 6.50. The number of nitrogens with zero attached hydrogens (tertiary/aromatic N) is 5. The van der Waals surface area contributed by atoms with Crippen LogP contribution in [0.1, 0.15) is 40.4 Å². The lowest BCUT2D eigenvalue weighted by Gasteiger charge is -2.62. The van der Waals surface area contributed by atoms with E-state index in [1.165, 1.54) is 0 Å². The van der Waals surface area contributed by atoms with Crippen LogP contribution in [0.25, 0.3) is 0 Å². The highest BCUT2D eigenvalue weighted by Crippen LogP contribution is 2.46. The van der Waals surface area contributed by atoms with E-state index in [0.717, 1.165) is 24.9 Å². The van der Waals surface area contributed by atoms with Crippen LogP contribution in [-0.4, -0.2) is 44.3 Å². The first kappa shape index (κ1) is 14.8. The van der Waals surface area contributed by atoms with Crippen LogP contribution in [0.4, 0.5) is 0 Å². The van der Waals surface area contributed by atoms with Crippen LogP contribution in [0.5, 0.6) is 0 Å². The fourth-order valence-electron chi connectivity index (χ4n) is 2.40. The Bertz CT molecular complexity index is 500. The molecule has 1 N–H and O–H groups in total. The van der Waals surface area contributed by atoms with Gasteiger partial charge in [-0.25, -0.2) is 9.98 Å². The van der Waals surface area contributed by atoms with Gasteiger partial charge in [-0.1, -0.05) is 13.8 Å². The molecule has 1 aromatic heterocycles. The van der Waals surface area contributed by atoms with Crippen molar-refractivity contribution < 1.29 is 0 Å². The van der Waals surface area contributed by atoms with Crippen molar-refractivity contribution >= 4 is 5.96 Å². The molecule has 0 aliphatic carbocycles. The molecule has 0 atom stereocenters.